The van der Waals surface area contributed by atoms with Gasteiger partial charge in [0.25, 0.3) is 5.56 Å². The third kappa shape index (κ3) is 5.56. The van der Waals surface area contributed by atoms with Gasteiger partial charge in [-0.3, -0.25) is 9.59 Å². The van der Waals surface area contributed by atoms with Crippen LogP contribution >= 0.6 is 23.1 Å². The lowest BCUT2D eigenvalue weighted by Crippen LogP contribution is -2.27. The van der Waals surface area contributed by atoms with E-state index in [4.69, 9.17) is 4.74 Å². The minimum absolute atomic E-state index is 0.0753. The quantitative estimate of drug-likeness (QED) is 0.366. The van der Waals surface area contributed by atoms with E-state index in [9.17, 15) is 9.59 Å². The van der Waals surface area contributed by atoms with Crippen LogP contribution in [0.15, 0.2) is 9.95 Å². The number of hydrogen-bond acceptors (Lipinski definition) is 6. The van der Waals surface area contributed by atoms with E-state index in [1.165, 1.54) is 11.8 Å². The molecule has 8 heteroatoms. The van der Waals surface area contributed by atoms with Crippen molar-refractivity contribution in [3.05, 3.63) is 20.8 Å². The molecule has 2 aromatic rings. The van der Waals surface area contributed by atoms with Crippen molar-refractivity contribution in [3.8, 4) is 0 Å². The number of aromatic amines is 1. The van der Waals surface area contributed by atoms with E-state index in [2.05, 4.69) is 29.1 Å². The number of nitrogens with one attached hydrogen (secondary N) is 2. The van der Waals surface area contributed by atoms with Crippen molar-refractivity contribution in [1.29, 1.82) is 0 Å². The SMILES string of the molecule is CCC(C)Cc1c(C)sc2nc(SCC(=O)NCCCOC)[nH]c(=O)c12. The summed E-state index contributed by atoms with van der Waals surface area (Å²) >= 11 is 2.81. The molecule has 26 heavy (non-hydrogen) atoms. The highest BCUT2D eigenvalue weighted by atomic mass is 32.2. The van der Waals surface area contributed by atoms with Gasteiger partial charge in [-0.25, -0.2) is 4.98 Å². The topological polar surface area (TPSA) is 84.1 Å². The molecule has 0 radical (unpaired) electrons. The number of H-pyrrole nitrogens is 1. The fraction of sp³-hybridized carbons (Fsp3) is 0.611. The van der Waals surface area contributed by atoms with Gasteiger partial charge < -0.3 is 15.0 Å². The van der Waals surface area contributed by atoms with Gasteiger partial charge in [0.2, 0.25) is 5.91 Å². The van der Waals surface area contributed by atoms with Crippen LogP contribution in [0.4, 0.5) is 0 Å². The van der Waals surface area contributed by atoms with Crippen LogP contribution in [0, 0.1) is 12.8 Å². The van der Waals surface area contributed by atoms with Crippen LogP contribution in [0.2, 0.25) is 0 Å². The Bertz CT molecular complexity index is 801. The molecule has 0 aromatic carbocycles. The second-order valence-electron chi connectivity index (χ2n) is 6.39. The van der Waals surface area contributed by atoms with E-state index in [0.29, 0.717) is 29.6 Å². The molecule has 0 aliphatic carbocycles. The molecule has 0 saturated carbocycles. The lowest BCUT2D eigenvalue weighted by molar-refractivity contribution is -0.118. The molecule has 2 rings (SSSR count). The highest BCUT2D eigenvalue weighted by molar-refractivity contribution is 7.99. The number of aromatic nitrogens is 2. The number of rotatable bonds is 10. The number of hydrogen-bond donors (Lipinski definition) is 2. The van der Waals surface area contributed by atoms with E-state index in [-0.39, 0.29) is 17.2 Å². The van der Waals surface area contributed by atoms with Gasteiger partial charge in [0.05, 0.1) is 11.1 Å². The molecule has 2 N–H and O–H groups in total. The van der Waals surface area contributed by atoms with Crippen LogP contribution in [0.25, 0.3) is 10.2 Å². The third-order valence-electron chi connectivity index (χ3n) is 4.28. The van der Waals surface area contributed by atoms with Crippen LogP contribution in [0.3, 0.4) is 0 Å². The molecule has 0 aliphatic heterocycles. The fourth-order valence-corrected chi connectivity index (χ4v) is 4.39. The first kappa shape index (κ1) is 20.9. The molecule has 1 atom stereocenters. The maximum atomic E-state index is 12.6. The van der Waals surface area contributed by atoms with Crippen molar-refractivity contribution < 1.29 is 9.53 Å². The molecule has 6 nitrogen and oxygen atoms in total. The number of carbonyl (C=O) groups is 1. The molecule has 0 saturated heterocycles. The van der Waals surface area contributed by atoms with Crippen LogP contribution in [-0.2, 0) is 16.0 Å². The minimum Gasteiger partial charge on any atom is -0.385 e. The molecule has 2 heterocycles. The zero-order chi connectivity index (χ0) is 19.1. The molecular weight excluding hydrogens is 370 g/mol. The predicted octanol–water partition coefficient (Wildman–Crippen LogP) is 3.13. The summed E-state index contributed by atoms with van der Waals surface area (Å²) < 4.78 is 4.94. The summed E-state index contributed by atoms with van der Waals surface area (Å²) in [5.41, 5.74) is 1.00. The number of ether oxygens (including phenoxy) is 1. The highest BCUT2D eigenvalue weighted by Crippen LogP contribution is 2.30. The van der Waals surface area contributed by atoms with Crippen molar-refractivity contribution in [2.75, 3.05) is 26.0 Å². The number of methoxy groups -OCH3 is 1. The summed E-state index contributed by atoms with van der Waals surface area (Å²) in [6.45, 7) is 7.60. The lowest BCUT2D eigenvalue weighted by atomic mass is 9.98. The molecule has 0 spiro atoms. The summed E-state index contributed by atoms with van der Waals surface area (Å²) in [5, 5.41) is 4.02. The predicted molar refractivity (Wildman–Crippen MR) is 108 cm³/mol. The van der Waals surface area contributed by atoms with E-state index in [1.807, 2.05) is 6.92 Å². The van der Waals surface area contributed by atoms with Crippen LogP contribution in [0.1, 0.15) is 37.1 Å². The van der Waals surface area contributed by atoms with Gasteiger partial charge in [-0.05, 0) is 31.2 Å². The molecule has 1 unspecified atom stereocenters. The average Bonchev–Trinajstić information content (AvgIpc) is 2.92. The summed E-state index contributed by atoms with van der Waals surface area (Å²) in [6.07, 6.45) is 2.75. The van der Waals surface area contributed by atoms with Crippen molar-refractivity contribution in [1.82, 2.24) is 15.3 Å². The molecule has 1 amide bonds. The third-order valence-corrected chi connectivity index (χ3v) is 6.19. The molecule has 144 valence electrons. The van der Waals surface area contributed by atoms with Gasteiger partial charge in [-0.1, -0.05) is 32.0 Å². The van der Waals surface area contributed by atoms with Crippen molar-refractivity contribution in [2.24, 2.45) is 5.92 Å². The number of carbonyl (C=O) groups excluding carboxylic acids is 1. The largest absolute Gasteiger partial charge is 0.385 e. The van der Waals surface area contributed by atoms with E-state index < -0.39 is 0 Å². The molecule has 0 aliphatic rings. The number of fused-ring (bicyclic) bond motifs is 1. The summed E-state index contributed by atoms with van der Waals surface area (Å²) in [5.74, 6) is 0.682. The molecule has 2 aromatic heterocycles. The minimum atomic E-state index is -0.111. The zero-order valence-electron chi connectivity index (χ0n) is 15.8. The number of amides is 1. The second kappa shape index (κ2) is 10.1. The Balaban J connectivity index is 2.07. The van der Waals surface area contributed by atoms with Crippen LogP contribution in [0.5, 0.6) is 0 Å². The van der Waals surface area contributed by atoms with Crippen LogP contribution < -0.4 is 10.9 Å². The van der Waals surface area contributed by atoms with Gasteiger partial charge in [-0.2, -0.15) is 0 Å². The number of thiophene rings is 1. The molecular formula is C18H27N3O3S2. The Hall–Kier alpha value is -1.38. The summed E-state index contributed by atoms with van der Waals surface area (Å²) in [4.78, 5) is 33.7. The Kier molecular flexibility index (Phi) is 8.12. The fourth-order valence-electron chi connectivity index (χ4n) is 2.59. The maximum Gasteiger partial charge on any atom is 0.260 e. The second-order valence-corrected chi connectivity index (χ2v) is 8.56. The van der Waals surface area contributed by atoms with Crippen molar-refractivity contribution in [2.45, 2.75) is 45.2 Å². The van der Waals surface area contributed by atoms with E-state index in [1.54, 1.807) is 18.4 Å². The lowest BCUT2D eigenvalue weighted by Gasteiger charge is -2.08. The first-order valence-electron chi connectivity index (χ1n) is 8.87. The smallest absolute Gasteiger partial charge is 0.260 e. The average molecular weight is 398 g/mol. The molecule has 0 bridgehead atoms. The van der Waals surface area contributed by atoms with Crippen molar-refractivity contribution in [3.63, 3.8) is 0 Å². The zero-order valence-corrected chi connectivity index (χ0v) is 17.4. The van der Waals surface area contributed by atoms with Crippen LogP contribution in [-0.4, -0.2) is 41.9 Å². The maximum absolute atomic E-state index is 12.6. The Morgan fingerprint density at radius 2 is 2.23 bits per heavy atom. The van der Waals surface area contributed by atoms with E-state index in [0.717, 1.165) is 34.5 Å². The van der Waals surface area contributed by atoms with Gasteiger partial charge in [-0.15, -0.1) is 11.3 Å². The monoisotopic (exact) mass is 397 g/mol. The van der Waals surface area contributed by atoms with Gasteiger partial charge >= 0.3 is 0 Å². The van der Waals surface area contributed by atoms with E-state index >= 15 is 0 Å². The standard InChI is InChI=1S/C18H27N3O3S2/c1-5-11(2)9-13-12(3)26-17-15(13)16(23)20-18(21-17)25-10-14(22)19-7-6-8-24-4/h11H,5-10H2,1-4H3,(H,19,22)(H,20,21,23). The normalized spacial score (nSPS) is 12.5. The number of thioether (sulfide) groups is 1. The van der Waals surface area contributed by atoms with Crippen molar-refractivity contribution >= 4 is 39.2 Å². The highest BCUT2D eigenvalue weighted by Gasteiger charge is 2.17. The van der Waals surface area contributed by atoms with Gasteiger partial charge in [0, 0.05) is 25.1 Å². The Labute approximate surface area is 162 Å². The number of nitrogens with zero attached hydrogens (tertiary/aromatic N) is 1. The van der Waals surface area contributed by atoms with Gasteiger partial charge in [0.1, 0.15) is 4.83 Å². The molecule has 0 fully saturated rings. The summed E-state index contributed by atoms with van der Waals surface area (Å²) in [6, 6.07) is 0. The number of aryl methyl sites for hydroxylation is 1. The summed E-state index contributed by atoms with van der Waals surface area (Å²) in [7, 11) is 1.64. The first-order chi connectivity index (χ1) is 12.5. The Morgan fingerprint density at radius 1 is 1.46 bits per heavy atom. The van der Waals surface area contributed by atoms with Gasteiger partial charge in [0.15, 0.2) is 5.16 Å². The Morgan fingerprint density at radius 3 is 2.92 bits per heavy atom. The first-order valence-corrected chi connectivity index (χ1v) is 10.7.